The number of hydrogen-bond donors (Lipinski definition) is 0. The molecule has 0 saturated carbocycles. The number of nitrogens with zero attached hydrogens (tertiary/aromatic N) is 2. The van der Waals surface area contributed by atoms with Gasteiger partial charge in [0.25, 0.3) is 0 Å². The van der Waals surface area contributed by atoms with Crippen molar-refractivity contribution in [2.45, 2.75) is 26.2 Å². The zero-order valence-electron chi connectivity index (χ0n) is 9.20. The van der Waals surface area contributed by atoms with E-state index in [1.54, 1.807) is 11.9 Å². The van der Waals surface area contributed by atoms with Gasteiger partial charge in [-0.3, -0.25) is 4.90 Å². The van der Waals surface area contributed by atoms with Gasteiger partial charge in [-0.25, -0.2) is 0 Å². The summed E-state index contributed by atoms with van der Waals surface area (Å²) in [5.74, 6) is 0. The van der Waals surface area contributed by atoms with Crippen LogP contribution in [-0.4, -0.2) is 7.05 Å². The monoisotopic (exact) mass is 188 g/mol. The third-order valence-electron chi connectivity index (χ3n) is 2.27. The number of nitriles is 1. The molecular formula is C12H16N2. The first-order valence-electron chi connectivity index (χ1n) is 4.69. The van der Waals surface area contributed by atoms with Gasteiger partial charge >= 0.3 is 0 Å². The molecule has 0 amide bonds. The Hall–Kier alpha value is -1.49. The zero-order chi connectivity index (χ0) is 10.8. The van der Waals surface area contributed by atoms with Crippen molar-refractivity contribution in [1.82, 2.24) is 0 Å². The fraction of sp³-hybridized carbons (Fsp3) is 0.417. The minimum absolute atomic E-state index is 0.170. The van der Waals surface area contributed by atoms with Gasteiger partial charge < -0.3 is 0 Å². The molecule has 2 nitrogen and oxygen atoms in total. The normalized spacial score (nSPS) is 10.8. The topological polar surface area (TPSA) is 27.0 Å². The molecule has 1 aromatic carbocycles. The van der Waals surface area contributed by atoms with Gasteiger partial charge in [0.15, 0.2) is 6.19 Å². The molecule has 0 unspecified atom stereocenters. The number of hydrogen-bond acceptors (Lipinski definition) is 2. The lowest BCUT2D eigenvalue weighted by Gasteiger charge is -2.19. The summed E-state index contributed by atoms with van der Waals surface area (Å²) in [6.07, 6.45) is 2.07. The smallest absolute Gasteiger partial charge is 0.183 e. The van der Waals surface area contributed by atoms with Crippen LogP contribution < -0.4 is 4.90 Å². The summed E-state index contributed by atoms with van der Waals surface area (Å²) in [6.45, 7) is 6.53. The van der Waals surface area contributed by atoms with Gasteiger partial charge in [0.1, 0.15) is 0 Å². The molecule has 0 aliphatic carbocycles. The number of benzene rings is 1. The summed E-state index contributed by atoms with van der Waals surface area (Å²) in [4.78, 5) is 1.55. The second kappa shape index (κ2) is 3.71. The molecule has 0 spiro atoms. The van der Waals surface area contributed by atoms with E-state index in [0.717, 1.165) is 5.69 Å². The Morgan fingerprint density at radius 2 is 1.64 bits per heavy atom. The Kier molecular flexibility index (Phi) is 2.81. The third-order valence-corrected chi connectivity index (χ3v) is 2.27. The molecule has 0 aromatic heterocycles. The highest BCUT2D eigenvalue weighted by Crippen LogP contribution is 2.24. The van der Waals surface area contributed by atoms with E-state index in [9.17, 15) is 0 Å². The molecule has 0 aliphatic rings. The van der Waals surface area contributed by atoms with Crippen molar-refractivity contribution < 1.29 is 0 Å². The van der Waals surface area contributed by atoms with Crippen molar-refractivity contribution in [2.24, 2.45) is 0 Å². The Morgan fingerprint density at radius 1 is 1.14 bits per heavy atom. The molecule has 0 atom stereocenters. The van der Waals surface area contributed by atoms with Crippen LogP contribution in [0.2, 0.25) is 0 Å². The van der Waals surface area contributed by atoms with E-state index in [-0.39, 0.29) is 5.41 Å². The van der Waals surface area contributed by atoms with Gasteiger partial charge in [-0.2, -0.15) is 5.26 Å². The molecule has 14 heavy (non-hydrogen) atoms. The Labute approximate surface area is 85.8 Å². The lowest BCUT2D eigenvalue weighted by atomic mass is 9.87. The van der Waals surface area contributed by atoms with E-state index in [0.29, 0.717) is 0 Å². The maximum atomic E-state index is 8.69. The first kappa shape index (κ1) is 10.6. The average molecular weight is 188 g/mol. The minimum Gasteiger partial charge on any atom is -0.283 e. The van der Waals surface area contributed by atoms with Gasteiger partial charge in [0, 0.05) is 7.05 Å². The minimum atomic E-state index is 0.170. The average Bonchev–Trinajstić information content (AvgIpc) is 2.15. The quantitative estimate of drug-likeness (QED) is 0.500. The highest BCUT2D eigenvalue weighted by molar-refractivity contribution is 5.50. The third kappa shape index (κ3) is 2.26. The van der Waals surface area contributed by atoms with Crippen LogP contribution >= 0.6 is 0 Å². The standard InChI is InChI=1S/C12H16N2/c1-12(2,3)10-5-7-11(8-6-10)14(4)9-13/h5-8H,1-4H3. The van der Waals surface area contributed by atoms with E-state index in [1.807, 2.05) is 12.1 Å². The molecule has 0 radical (unpaired) electrons. The summed E-state index contributed by atoms with van der Waals surface area (Å²) in [7, 11) is 1.76. The summed E-state index contributed by atoms with van der Waals surface area (Å²) >= 11 is 0. The van der Waals surface area contributed by atoms with Crippen LogP contribution in [0.4, 0.5) is 5.69 Å². The van der Waals surface area contributed by atoms with E-state index in [1.165, 1.54) is 5.56 Å². The van der Waals surface area contributed by atoms with Crippen LogP contribution in [-0.2, 0) is 5.41 Å². The molecule has 0 bridgehead atoms. The van der Waals surface area contributed by atoms with Crippen LogP contribution in [0, 0.1) is 11.5 Å². The predicted molar refractivity (Wildman–Crippen MR) is 59.2 cm³/mol. The molecule has 1 rings (SSSR count). The van der Waals surface area contributed by atoms with Crippen molar-refractivity contribution in [3.63, 3.8) is 0 Å². The lowest BCUT2D eigenvalue weighted by molar-refractivity contribution is 0.590. The van der Waals surface area contributed by atoms with Crippen molar-refractivity contribution in [1.29, 1.82) is 5.26 Å². The fourth-order valence-electron chi connectivity index (χ4n) is 1.24. The van der Waals surface area contributed by atoms with Gasteiger partial charge in [0.05, 0.1) is 5.69 Å². The Morgan fingerprint density at radius 3 is 2.00 bits per heavy atom. The van der Waals surface area contributed by atoms with Crippen LogP contribution in [0.15, 0.2) is 24.3 Å². The van der Waals surface area contributed by atoms with E-state index in [4.69, 9.17) is 5.26 Å². The summed E-state index contributed by atoms with van der Waals surface area (Å²) < 4.78 is 0. The van der Waals surface area contributed by atoms with Crippen LogP contribution in [0.3, 0.4) is 0 Å². The first-order chi connectivity index (χ1) is 6.45. The summed E-state index contributed by atoms with van der Waals surface area (Å²) in [5, 5.41) is 8.69. The summed E-state index contributed by atoms with van der Waals surface area (Å²) in [6, 6.07) is 8.10. The van der Waals surface area contributed by atoms with Gasteiger partial charge in [0.2, 0.25) is 0 Å². The Balaban J connectivity index is 2.96. The molecule has 1 aromatic rings. The molecule has 0 aliphatic heterocycles. The second-order valence-corrected chi connectivity index (χ2v) is 4.46. The fourth-order valence-corrected chi connectivity index (χ4v) is 1.24. The number of rotatable bonds is 1. The summed E-state index contributed by atoms with van der Waals surface area (Å²) in [5.41, 5.74) is 2.39. The molecule has 0 heterocycles. The number of anilines is 1. The van der Waals surface area contributed by atoms with Crippen LogP contribution in [0.25, 0.3) is 0 Å². The maximum absolute atomic E-state index is 8.69. The van der Waals surface area contributed by atoms with E-state index in [2.05, 4.69) is 39.1 Å². The largest absolute Gasteiger partial charge is 0.283 e. The van der Waals surface area contributed by atoms with E-state index >= 15 is 0 Å². The lowest BCUT2D eigenvalue weighted by Crippen LogP contribution is -2.12. The van der Waals surface area contributed by atoms with Gasteiger partial charge in [-0.15, -0.1) is 0 Å². The van der Waals surface area contributed by atoms with Crippen LogP contribution in [0.1, 0.15) is 26.3 Å². The van der Waals surface area contributed by atoms with Gasteiger partial charge in [-0.1, -0.05) is 32.9 Å². The van der Waals surface area contributed by atoms with Crippen LogP contribution in [0.5, 0.6) is 0 Å². The van der Waals surface area contributed by atoms with Gasteiger partial charge in [-0.05, 0) is 23.1 Å². The predicted octanol–water partition coefficient (Wildman–Crippen LogP) is 2.90. The van der Waals surface area contributed by atoms with Crippen molar-refractivity contribution in [3.8, 4) is 6.19 Å². The Bertz CT molecular complexity index is 338. The molecule has 0 saturated heterocycles. The van der Waals surface area contributed by atoms with Crippen molar-refractivity contribution >= 4 is 5.69 Å². The highest BCUT2D eigenvalue weighted by atomic mass is 15.1. The maximum Gasteiger partial charge on any atom is 0.183 e. The molecular weight excluding hydrogens is 172 g/mol. The van der Waals surface area contributed by atoms with Crippen molar-refractivity contribution in [3.05, 3.63) is 29.8 Å². The molecule has 74 valence electrons. The molecule has 0 fully saturated rings. The van der Waals surface area contributed by atoms with Crippen molar-refractivity contribution in [2.75, 3.05) is 11.9 Å². The van der Waals surface area contributed by atoms with E-state index < -0.39 is 0 Å². The zero-order valence-corrected chi connectivity index (χ0v) is 9.20. The molecule has 0 N–H and O–H groups in total. The second-order valence-electron chi connectivity index (χ2n) is 4.46. The highest BCUT2D eigenvalue weighted by Gasteiger charge is 2.13. The SMILES string of the molecule is CN(C#N)c1ccc(C(C)(C)C)cc1. The first-order valence-corrected chi connectivity index (χ1v) is 4.69. The molecule has 2 heteroatoms.